The van der Waals surface area contributed by atoms with Crippen LogP contribution in [-0.4, -0.2) is 20.5 Å². The number of rotatable bonds is 4. The van der Waals surface area contributed by atoms with E-state index in [9.17, 15) is 9.18 Å². The van der Waals surface area contributed by atoms with Crippen molar-refractivity contribution in [3.05, 3.63) is 52.3 Å². The van der Waals surface area contributed by atoms with Crippen LogP contribution in [0.1, 0.15) is 38.3 Å². The Morgan fingerprint density at radius 3 is 2.72 bits per heavy atom. The third kappa shape index (κ3) is 2.81. The number of pyridine rings is 1. The molecule has 1 fully saturated rings. The van der Waals surface area contributed by atoms with E-state index in [1.807, 2.05) is 20.0 Å². The Hall–Kier alpha value is -2.63. The lowest BCUT2D eigenvalue weighted by Gasteiger charge is -2.13. The van der Waals surface area contributed by atoms with Gasteiger partial charge in [-0.2, -0.15) is 5.10 Å². The second-order valence-electron chi connectivity index (χ2n) is 6.89. The number of nitrogens with zero attached hydrogens (tertiary/aromatic N) is 3. The maximum absolute atomic E-state index is 14.7. The molecule has 0 radical (unpaired) electrons. The van der Waals surface area contributed by atoms with Crippen molar-refractivity contribution in [2.75, 3.05) is 0 Å². The van der Waals surface area contributed by atoms with Gasteiger partial charge in [0.2, 0.25) is 0 Å². The maximum Gasteiger partial charge on any atom is 0.192 e. The molecule has 5 nitrogen and oxygen atoms in total. The number of aromatic nitrogens is 3. The van der Waals surface area contributed by atoms with Gasteiger partial charge in [0, 0.05) is 23.2 Å². The summed E-state index contributed by atoms with van der Waals surface area (Å²) in [4.78, 5) is 12.4. The van der Waals surface area contributed by atoms with Crippen LogP contribution in [0.5, 0.6) is 5.75 Å². The average molecular weight is 341 g/mol. The Morgan fingerprint density at radius 1 is 1.28 bits per heavy atom. The molecule has 0 amide bonds. The quantitative estimate of drug-likeness (QED) is 0.726. The summed E-state index contributed by atoms with van der Waals surface area (Å²) in [5, 5.41) is 4.62. The third-order valence-corrected chi connectivity index (χ3v) is 4.40. The molecule has 1 saturated carbocycles. The summed E-state index contributed by atoms with van der Waals surface area (Å²) in [6, 6.07) is 3.41. The van der Waals surface area contributed by atoms with Gasteiger partial charge >= 0.3 is 0 Å². The van der Waals surface area contributed by atoms with Crippen LogP contribution in [0.15, 0.2) is 35.5 Å². The minimum absolute atomic E-state index is 0.0159. The van der Waals surface area contributed by atoms with E-state index in [4.69, 9.17) is 4.74 Å². The molecular weight excluding hydrogens is 321 g/mol. The lowest BCUT2D eigenvalue weighted by molar-refractivity contribution is 0.242. The number of halogens is 1. The molecule has 0 atom stereocenters. The maximum atomic E-state index is 14.7. The first kappa shape index (κ1) is 15.9. The molecule has 0 bridgehead atoms. The molecule has 130 valence electrons. The van der Waals surface area contributed by atoms with Crippen LogP contribution in [-0.2, 0) is 0 Å². The van der Waals surface area contributed by atoms with Crippen LogP contribution < -0.4 is 10.2 Å². The van der Waals surface area contributed by atoms with Crippen molar-refractivity contribution in [3.63, 3.8) is 0 Å². The second kappa shape index (κ2) is 5.72. The summed E-state index contributed by atoms with van der Waals surface area (Å²) in [6.07, 6.45) is 7.27. The van der Waals surface area contributed by atoms with Crippen LogP contribution in [0.2, 0.25) is 0 Å². The fourth-order valence-corrected chi connectivity index (χ4v) is 3.10. The van der Waals surface area contributed by atoms with Gasteiger partial charge < -0.3 is 9.30 Å². The molecule has 6 heteroatoms. The van der Waals surface area contributed by atoms with Crippen LogP contribution in [0.25, 0.3) is 16.6 Å². The van der Waals surface area contributed by atoms with Crippen molar-refractivity contribution in [3.8, 4) is 11.4 Å². The van der Waals surface area contributed by atoms with Crippen LogP contribution in [0, 0.1) is 12.7 Å². The van der Waals surface area contributed by atoms with Gasteiger partial charge in [0.15, 0.2) is 11.2 Å². The molecule has 4 rings (SSSR count). The summed E-state index contributed by atoms with van der Waals surface area (Å²) < 4.78 is 23.8. The fraction of sp³-hybridized carbons (Fsp3) is 0.368. The molecule has 3 aromatic rings. The first-order valence-corrected chi connectivity index (χ1v) is 8.50. The van der Waals surface area contributed by atoms with Crippen LogP contribution >= 0.6 is 0 Å². The Bertz CT molecular complexity index is 1020. The molecule has 1 aliphatic carbocycles. The highest BCUT2D eigenvalue weighted by atomic mass is 19.1. The Balaban J connectivity index is 1.89. The van der Waals surface area contributed by atoms with E-state index in [1.165, 1.54) is 10.7 Å². The SMILES string of the molecule is Cc1cn(C2CC2)c2cc(-n3cc(OC(C)C)cn3)c(F)cc2c1=O. The molecule has 2 heterocycles. The van der Waals surface area contributed by atoms with E-state index >= 15 is 0 Å². The van der Waals surface area contributed by atoms with E-state index in [0.29, 0.717) is 28.4 Å². The number of benzene rings is 1. The van der Waals surface area contributed by atoms with E-state index in [-0.39, 0.29) is 11.5 Å². The highest BCUT2D eigenvalue weighted by Crippen LogP contribution is 2.37. The van der Waals surface area contributed by atoms with Gasteiger partial charge in [-0.1, -0.05) is 0 Å². The average Bonchev–Trinajstić information content (AvgIpc) is 3.30. The van der Waals surface area contributed by atoms with Gasteiger partial charge in [-0.3, -0.25) is 4.79 Å². The smallest absolute Gasteiger partial charge is 0.192 e. The van der Waals surface area contributed by atoms with Crippen molar-refractivity contribution in [2.45, 2.75) is 45.8 Å². The minimum atomic E-state index is -0.475. The number of fused-ring (bicyclic) bond motifs is 1. The van der Waals surface area contributed by atoms with Crippen molar-refractivity contribution in [1.82, 2.24) is 14.3 Å². The van der Waals surface area contributed by atoms with Gasteiger partial charge in [-0.05, 0) is 45.7 Å². The highest BCUT2D eigenvalue weighted by Gasteiger charge is 2.25. The molecule has 0 spiro atoms. The predicted molar refractivity (Wildman–Crippen MR) is 94.1 cm³/mol. The molecule has 0 unspecified atom stereocenters. The van der Waals surface area contributed by atoms with Crippen LogP contribution in [0.4, 0.5) is 4.39 Å². The van der Waals surface area contributed by atoms with Crippen molar-refractivity contribution >= 4 is 10.9 Å². The normalized spacial score (nSPS) is 14.4. The molecular formula is C19H20FN3O2. The number of hydrogen-bond acceptors (Lipinski definition) is 3. The lowest BCUT2D eigenvalue weighted by Crippen LogP contribution is -2.13. The second-order valence-corrected chi connectivity index (χ2v) is 6.89. The van der Waals surface area contributed by atoms with E-state index in [1.54, 1.807) is 25.4 Å². The molecule has 2 aromatic heterocycles. The zero-order chi connectivity index (χ0) is 17.7. The standard InChI is InChI=1S/C19H20FN3O2/c1-11(2)25-14-8-21-23(10-14)18-7-17-15(6-16(18)20)19(24)12(3)9-22(17)13-4-5-13/h6-11,13H,4-5H2,1-3H3. The molecule has 1 aromatic carbocycles. The Labute approximate surface area is 144 Å². The lowest BCUT2D eigenvalue weighted by atomic mass is 10.1. The largest absolute Gasteiger partial charge is 0.488 e. The van der Waals surface area contributed by atoms with Crippen molar-refractivity contribution in [2.24, 2.45) is 0 Å². The van der Waals surface area contributed by atoms with Crippen molar-refractivity contribution < 1.29 is 9.13 Å². The summed E-state index contributed by atoms with van der Waals surface area (Å²) in [6.45, 7) is 5.62. The Morgan fingerprint density at radius 2 is 2.04 bits per heavy atom. The number of hydrogen-bond donors (Lipinski definition) is 0. The Kier molecular flexibility index (Phi) is 3.63. The summed E-state index contributed by atoms with van der Waals surface area (Å²) >= 11 is 0. The highest BCUT2D eigenvalue weighted by molar-refractivity contribution is 5.82. The van der Waals surface area contributed by atoms with Gasteiger partial charge in [-0.25, -0.2) is 9.07 Å². The third-order valence-electron chi connectivity index (χ3n) is 4.40. The first-order chi connectivity index (χ1) is 11.9. The number of ether oxygens (including phenoxy) is 1. The molecule has 25 heavy (non-hydrogen) atoms. The van der Waals surface area contributed by atoms with Crippen molar-refractivity contribution in [1.29, 1.82) is 0 Å². The van der Waals surface area contributed by atoms with Gasteiger partial charge in [0.05, 0.1) is 24.0 Å². The van der Waals surface area contributed by atoms with Crippen LogP contribution in [0.3, 0.4) is 0 Å². The summed E-state index contributed by atoms with van der Waals surface area (Å²) in [5.74, 6) is 0.106. The zero-order valence-corrected chi connectivity index (χ0v) is 14.5. The fourth-order valence-electron chi connectivity index (χ4n) is 3.10. The zero-order valence-electron chi connectivity index (χ0n) is 14.5. The molecule has 0 aliphatic heterocycles. The van der Waals surface area contributed by atoms with Gasteiger partial charge in [-0.15, -0.1) is 0 Å². The first-order valence-electron chi connectivity index (χ1n) is 8.50. The molecule has 1 aliphatic rings. The predicted octanol–water partition coefficient (Wildman–Crippen LogP) is 3.76. The van der Waals surface area contributed by atoms with Gasteiger partial charge in [0.1, 0.15) is 11.5 Å². The molecule has 0 N–H and O–H groups in total. The van der Waals surface area contributed by atoms with Gasteiger partial charge in [0.25, 0.3) is 0 Å². The summed E-state index contributed by atoms with van der Waals surface area (Å²) in [5.41, 5.74) is 1.57. The topological polar surface area (TPSA) is 49.0 Å². The van der Waals surface area contributed by atoms with E-state index < -0.39 is 5.82 Å². The van der Waals surface area contributed by atoms with E-state index in [2.05, 4.69) is 9.67 Å². The minimum Gasteiger partial charge on any atom is -0.488 e. The molecule has 0 saturated heterocycles. The summed E-state index contributed by atoms with van der Waals surface area (Å²) in [7, 11) is 0. The van der Waals surface area contributed by atoms with E-state index in [0.717, 1.165) is 18.4 Å². The number of aryl methyl sites for hydroxylation is 1. The monoisotopic (exact) mass is 341 g/mol.